The molecule has 0 amide bonds. The van der Waals surface area contributed by atoms with Crippen LogP contribution in [-0.2, 0) is 19.1 Å². The zero-order valence-corrected chi connectivity index (χ0v) is 18.8. The summed E-state index contributed by atoms with van der Waals surface area (Å²) < 4.78 is 10.7. The van der Waals surface area contributed by atoms with E-state index in [9.17, 15) is 9.59 Å². The summed E-state index contributed by atoms with van der Waals surface area (Å²) in [5.74, 6) is 4.48. The van der Waals surface area contributed by atoms with E-state index in [1.54, 1.807) is 20.8 Å². The molecule has 0 fully saturated rings. The second kappa shape index (κ2) is 10.5. The van der Waals surface area contributed by atoms with Gasteiger partial charge in [-0.15, -0.1) is 0 Å². The minimum absolute atomic E-state index is 0.208. The number of rotatable bonds is 5. The normalized spacial score (nSPS) is 15.4. The van der Waals surface area contributed by atoms with Crippen LogP contribution in [0, 0.1) is 24.7 Å². The molecular formula is C27H27NO4. The first-order chi connectivity index (χ1) is 15.5. The van der Waals surface area contributed by atoms with Crippen molar-refractivity contribution < 1.29 is 19.1 Å². The number of nitrogens with one attached hydrogen (secondary N) is 1. The number of esters is 2. The number of dihydropyridines is 1. The van der Waals surface area contributed by atoms with Crippen LogP contribution in [0.3, 0.4) is 0 Å². The first kappa shape index (κ1) is 22.9. The number of hydrogen-bond donors (Lipinski definition) is 1. The third-order valence-corrected chi connectivity index (χ3v) is 5.00. The summed E-state index contributed by atoms with van der Waals surface area (Å²) in [4.78, 5) is 26.0. The Hall–Kier alpha value is -3.78. The predicted octanol–water partition coefficient (Wildman–Crippen LogP) is 4.38. The van der Waals surface area contributed by atoms with Crippen molar-refractivity contribution in [3.8, 4) is 11.8 Å². The first-order valence-corrected chi connectivity index (χ1v) is 10.7. The molecule has 2 aromatic carbocycles. The van der Waals surface area contributed by atoms with Gasteiger partial charge in [-0.05, 0) is 51.0 Å². The zero-order chi connectivity index (χ0) is 23.1. The van der Waals surface area contributed by atoms with Gasteiger partial charge >= 0.3 is 11.9 Å². The smallest absolute Gasteiger partial charge is 0.337 e. The molecule has 1 heterocycles. The Balaban J connectivity index is 2.22. The number of allylic oxidation sites excluding steroid dienone is 1. The zero-order valence-electron chi connectivity index (χ0n) is 18.8. The van der Waals surface area contributed by atoms with E-state index in [0.29, 0.717) is 22.5 Å². The van der Waals surface area contributed by atoms with Gasteiger partial charge in [-0.25, -0.2) is 9.59 Å². The van der Waals surface area contributed by atoms with E-state index < -0.39 is 17.9 Å². The number of aryl methyl sites for hydroxylation is 1. The molecule has 5 nitrogen and oxygen atoms in total. The monoisotopic (exact) mass is 429 g/mol. The predicted molar refractivity (Wildman–Crippen MR) is 124 cm³/mol. The summed E-state index contributed by atoms with van der Waals surface area (Å²) in [7, 11) is 0. The van der Waals surface area contributed by atoms with Crippen LogP contribution >= 0.6 is 0 Å². The largest absolute Gasteiger partial charge is 0.463 e. The Kier molecular flexibility index (Phi) is 7.51. The van der Waals surface area contributed by atoms with Crippen molar-refractivity contribution in [2.45, 2.75) is 27.7 Å². The number of benzene rings is 2. The number of hydrogen-bond acceptors (Lipinski definition) is 5. The van der Waals surface area contributed by atoms with Gasteiger partial charge in [0, 0.05) is 11.3 Å². The number of carbonyl (C=O) groups excluding carboxylic acids is 2. The number of carbonyl (C=O) groups is 2. The van der Waals surface area contributed by atoms with Crippen LogP contribution in [0.1, 0.15) is 37.5 Å². The molecule has 1 N–H and O–H groups in total. The summed E-state index contributed by atoms with van der Waals surface area (Å²) in [6.45, 7) is 7.70. The van der Waals surface area contributed by atoms with Crippen LogP contribution in [0.25, 0.3) is 5.70 Å². The second-order valence-corrected chi connectivity index (χ2v) is 7.33. The van der Waals surface area contributed by atoms with Gasteiger partial charge in [0.15, 0.2) is 0 Å². The lowest BCUT2D eigenvalue weighted by molar-refractivity contribution is -0.139. The highest BCUT2D eigenvalue weighted by Gasteiger charge is 2.37. The fourth-order valence-corrected chi connectivity index (χ4v) is 3.59. The summed E-state index contributed by atoms with van der Waals surface area (Å²) in [6, 6.07) is 17.2. The summed E-state index contributed by atoms with van der Waals surface area (Å²) in [5.41, 5.74) is 4.47. The lowest BCUT2D eigenvalue weighted by Gasteiger charge is -2.28. The van der Waals surface area contributed by atoms with Gasteiger partial charge < -0.3 is 14.8 Å². The number of ether oxygens (including phenoxy) is 2. The van der Waals surface area contributed by atoms with E-state index in [4.69, 9.17) is 9.47 Å². The fourth-order valence-electron chi connectivity index (χ4n) is 3.59. The third kappa shape index (κ3) is 5.09. The molecule has 0 bridgehead atoms. The molecule has 1 unspecified atom stereocenters. The highest BCUT2D eigenvalue weighted by Crippen LogP contribution is 2.35. The fraction of sp³-hybridized carbons (Fsp3) is 0.259. The molecule has 0 radical (unpaired) electrons. The highest BCUT2D eigenvalue weighted by atomic mass is 16.5. The SMILES string of the molecule is CCOC(=O)C1=C(C)NC(c2ccccc2)=C(C(=O)OCC)C1C#Cc1cccc(C)c1. The average Bonchev–Trinajstić information content (AvgIpc) is 2.78. The van der Waals surface area contributed by atoms with Crippen LogP contribution in [0.2, 0.25) is 0 Å². The standard InChI is InChI=1S/C27H27NO4/c1-5-31-26(29)23-19(4)28-25(21-13-8-7-9-14-21)24(27(30)32-6-2)22(23)16-15-20-12-10-11-18(3)17-20/h7-14,17,22,28H,5-6H2,1-4H3. The van der Waals surface area contributed by atoms with E-state index in [0.717, 1.165) is 16.7 Å². The molecule has 1 atom stereocenters. The molecule has 32 heavy (non-hydrogen) atoms. The quantitative estimate of drug-likeness (QED) is 0.565. The van der Waals surface area contributed by atoms with Crippen molar-refractivity contribution in [2.75, 3.05) is 13.2 Å². The Labute approximate surface area is 189 Å². The topological polar surface area (TPSA) is 64.6 Å². The summed E-state index contributed by atoms with van der Waals surface area (Å²) >= 11 is 0. The maximum atomic E-state index is 13.1. The molecule has 0 saturated heterocycles. The van der Waals surface area contributed by atoms with Crippen molar-refractivity contribution in [3.05, 3.63) is 88.1 Å². The van der Waals surface area contributed by atoms with Crippen molar-refractivity contribution in [3.63, 3.8) is 0 Å². The minimum Gasteiger partial charge on any atom is -0.463 e. The van der Waals surface area contributed by atoms with Crippen LogP contribution < -0.4 is 5.32 Å². The molecule has 2 aromatic rings. The average molecular weight is 430 g/mol. The Morgan fingerprint density at radius 1 is 0.906 bits per heavy atom. The molecular weight excluding hydrogens is 402 g/mol. The van der Waals surface area contributed by atoms with Crippen molar-refractivity contribution >= 4 is 17.6 Å². The Morgan fingerprint density at radius 3 is 2.19 bits per heavy atom. The van der Waals surface area contributed by atoms with Gasteiger partial charge in [0.1, 0.15) is 0 Å². The van der Waals surface area contributed by atoms with E-state index >= 15 is 0 Å². The van der Waals surface area contributed by atoms with E-state index in [-0.39, 0.29) is 13.2 Å². The molecule has 0 spiro atoms. The molecule has 0 saturated carbocycles. The van der Waals surface area contributed by atoms with Gasteiger partial charge in [-0.1, -0.05) is 54.3 Å². The molecule has 0 aliphatic carbocycles. The van der Waals surface area contributed by atoms with Crippen molar-refractivity contribution in [1.29, 1.82) is 0 Å². The lowest BCUT2D eigenvalue weighted by atomic mass is 9.84. The first-order valence-electron chi connectivity index (χ1n) is 10.7. The maximum absolute atomic E-state index is 13.1. The van der Waals surface area contributed by atoms with Gasteiger partial charge in [-0.2, -0.15) is 0 Å². The molecule has 3 rings (SSSR count). The maximum Gasteiger partial charge on any atom is 0.337 e. The Bertz CT molecular complexity index is 1130. The van der Waals surface area contributed by atoms with E-state index in [2.05, 4.69) is 17.2 Å². The summed E-state index contributed by atoms with van der Waals surface area (Å²) in [6.07, 6.45) is 0. The third-order valence-electron chi connectivity index (χ3n) is 5.00. The van der Waals surface area contributed by atoms with Crippen LogP contribution in [0.4, 0.5) is 0 Å². The van der Waals surface area contributed by atoms with Crippen LogP contribution in [0.15, 0.2) is 71.4 Å². The molecule has 164 valence electrons. The van der Waals surface area contributed by atoms with E-state index in [1.807, 2.05) is 61.5 Å². The van der Waals surface area contributed by atoms with E-state index in [1.165, 1.54) is 0 Å². The molecule has 5 heteroatoms. The van der Waals surface area contributed by atoms with Crippen molar-refractivity contribution in [1.82, 2.24) is 5.32 Å². The second-order valence-electron chi connectivity index (χ2n) is 7.33. The lowest BCUT2D eigenvalue weighted by Crippen LogP contribution is -2.33. The van der Waals surface area contributed by atoms with Crippen molar-refractivity contribution in [2.24, 2.45) is 5.92 Å². The Morgan fingerprint density at radius 2 is 1.56 bits per heavy atom. The van der Waals surface area contributed by atoms with Crippen LogP contribution in [0.5, 0.6) is 0 Å². The van der Waals surface area contributed by atoms with Gasteiger partial charge in [0.05, 0.1) is 36.0 Å². The molecule has 1 aliphatic rings. The molecule has 0 aromatic heterocycles. The minimum atomic E-state index is -0.801. The summed E-state index contributed by atoms with van der Waals surface area (Å²) in [5, 5.41) is 3.24. The van der Waals surface area contributed by atoms with Gasteiger partial charge in [0.2, 0.25) is 0 Å². The molecule has 1 aliphatic heterocycles. The van der Waals surface area contributed by atoms with Gasteiger partial charge in [0.25, 0.3) is 0 Å². The highest BCUT2D eigenvalue weighted by molar-refractivity contribution is 6.04. The van der Waals surface area contributed by atoms with Crippen LogP contribution in [-0.4, -0.2) is 25.2 Å². The van der Waals surface area contributed by atoms with Gasteiger partial charge in [-0.3, -0.25) is 0 Å².